The summed E-state index contributed by atoms with van der Waals surface area (Å²) >= 11 is 6.77. The molecule has 1 aromatic rings. The Kier molecular flexibility index (Phi) is 6.15. The number of hydrogen-bond acceptors (Lipinski definition) is 2. The lowest BCUT2D eigenvalue weighted by molar-refractivity contribution is 0.0928. The van der Waals surface area contributed by atoms with Gasteiger partial charge in [-0.05, 0) is 24.1 Å². The van der Waals surface area contributed by atoms with E-state index in [9.17, 15) is 4.79 Å². The second-order valence-electron chi connectivity index (χ2n) is 4.32. The van der Waals surface area contributed by atoms with Crippen LogP contribution in [0.2, 0.25) is 0 Å². The van der Waals surface area contributed by atoms with Crippen molar-refractivity contribution < 1.29 is 9.53 Å². The fourth-order valence-electron chi connectivity index (χ4n) is 1.48. The first-order valence-corrected chi connectivity index (χ1v) is 7.61. The molecule has 0 aliphatic rings. The molecule has 0 fully saturated rings. The van der Waals surface area contributed by atoms with Crippen LogP contribution in [0.3, 0.4) is 0 Å². The smallest absolute Gasteiger partial charge is 0.255 e. The van der Waals surface area contributed by atoms with Crippen LogP contribution in [0.5, 0.6) is 5.75 Å². The van der Waals surface area contributed by atoms with E-state index in [0.717, 1.165) is 9.80 Å². The van der Waals surface area contributed by atoms with E-state index < -0.39 is 0 Å². The van der Waals surface area contributed by atoms with Crippen LogP contribution in [0.25, 0.3) is 0 Å². The summed E-state index contributed by atoms with van der Waals surface area (Å²) in [7, 11) is 1.56. The van der Waals surface area contributed by atoms with Crippen LogP contribution in [-0.4, -0.2) is 24.4 Å². The molecule has 1 aromatic carbocycles. The predicted octanol–water partition coefficient (Wildman–Crippen LogP) is 3.61. The SMILES string of the molecule is COc1cc(Br)ccc1C(=O)NC(CBr)C(C)C. The monoisotopic (exact) mass is 377 g/mol. The maximum atomic E-state index is 12.2. The van der Waals surface area contributed by atoms with Crippen LogP contribution in [0.1, 0.15) is 24.2 Å². The molecule has 1 amide bonds. The number of alkyl halides is 1. The predicted molar refractivity (Wildman–Crippen MR) is 80.6 cm³/mol. The van der Waals surface area contributed by atoms with Crippen LogP contribution in [0.15, 0.2) is 22.7 Å². The Morgan fingerprint density at radius 1 is 1.44 bits per heavy atom. The number of ether oxygens (including phenoxy) is 1. The zero-order valence-electron chi connectivity index (χ0n) is 10.7. The van der Waals surface area contributed by atoms with Gasteiger partial charge >= 0.3 is 0 Å². The Balaban J connectivity index is 2.90. The summed E-state index contributed by atoms with van der Waals surface area (Å²) in [5.74, 6) is 0.825. The summed E-state index contributed by atoms with van der Waals surface area (Å²) in [5.41, 5.74) is 0.548. The lowest BCUT2D eigenvalue weighted by Crippen LogP contribution is -2.39. The highest BCUT2D eigenvalue weighted by atomic mass is 79.9. The number of methoxy groups -OCH3 is 1. The molecule has 0 spiro atoms. The highest BCUT2D eigenvalue weighted by Gasteiger charge is 2.18. The van der Waals surface area contributed by atoms with E-state index in [0.29, 0.717) is 17.2 Å². The standard InChI is InChI=1S/C13H17Br2NO2/c1-8(2)11(7-14)16-13(17)10-5-4-9(15)6-12(10)18-3/h4-6,8,11H,7H2,1-3H3,(H,16,17). The van der Waals surface area contributed by atoms with E-state index in [1.165, 1.54) is 0 Å². The van der Waals surface area contributed by atoms with Crippen molar-refractivity contribution >= 4 is 37.8 Å². The quantitative estimate of drug-likeness (QED) is 0.795. The Labute approximate surface area is 125 Å². The molecule has 0 aliphatic carbocycles. The highest BCUT2D eigenvalue weighted by Crippen LogP contribution is 2.23. The zero-order chi connectivity index (χ0) is 13.7. The molecule has 0 heterocycles. The van der Waals surface area contributed by atoms with Crippen molar-refractivity contribution in [2.45, 2.75) is 19.9 Å². The van der Waals surface area contributed by atoms with Gasteiger partial charge in [-0.3, -0.25) is 4.79 Å². The lowest BCUT2D eigenvalue weighted by atomic mass is 10.1. The number of carbonyl (C=O) groups excluding carboxylic acids is 1. The number of hydrogen-bond donors (Lipinski definition) is 1. The molecule has 0 radical (unpaired) electrons. The van der Waals surface area contributed by atoms with Crippen molar-refractivity contribution in [3.05, 3.63) is 28.2 Å². The van der Waals surface area contributed by atoms with Gasteiger partial charge in [0.1, 0.15) is 5.75 Å². The van der Waals surface area contributed by atoms with E-state index >= 15 is 0 Å². The third-order valence-electron chi connectivity index (χ3n) is 2.70. The molecular formula is C13H17Br2NO2. The molecule has 1 rings (SSSR count). The van der Waals surface area contributed by atoms with E-state index in [-0.39, 0.29) is 11.9 Å². The van der Waals surface area contributed by atoms with Crippen molar-refractivity contribution in [1.29, 1.82) is 0 Å². The Morgan fingerprint density at radius 2 is 2.11 bits per heavy atom. The third-order valence-corrected chi connectivity index (χ3v) is 3.89. The van der Waals surface area contributed by atoms with E-state index in [4.69, 9.17) is 4.74 Å². The largest absolute Gasteiger partial charge is 0.496 e. The molecular weight excluding hydrogens is 362 g/mol. The van der Waals surface area contributed by atoms with Crippen molar-refractivity contribution in [2.75, 3.05) is 12.4 Å². The summed E-state index contributed by atoms with van der Waals surface area (Å²) < 4.78 is 6.11. The first-order chi connectivity index (χ1) is 8.49. The first-order valence-electron chi connectivity index (χ1n) is 5.70. The number of halogens is 2. The molecule has 0 saturated heterocycles. The van der Waals surface area contributed by atoms with Gasteiger partial charge in [0.15, 0.2) is 0 Å². The number of benzene rings is 1. The molecule has 5 heteroatoms. The van der Waals surface area contributed by atoms with Gasteiger partial charge in [0.25, 0.3) is 5.91 Å². The van der Waals surface area contributed by atoms with Gasteiger partial charge in [0, 0.05) is 15.8 Å². The molecule has 0 aromatic heterocycles. The van der Waals surface area contributed by atoms with Gasteiger partial charge in [-0.2, -0.15) is 0 Å². The fraction of sp³-hybridized carbons (Fsp3) is 0.462. The van der Waals surface area contributed by atoms with Gasteiger partial charge in [-0.25, -0.2) is 0 Å². The Bertz CT molecular complexity index is 421. The summed E-state index contributed by atoms with van der Waals surface area (Å²) in [6, 6.07) is 5.47. The van der Waals surface area contributed by atoms with Gasteiger partial charge in [0.05, 0.1) is 12.7 Å². The maximum Gasteiger partial charge on any atom is 0.255 e. The number of carbonyl (C=O) groups is 1. The minimum absolute atomic E-state index is 0.103. The van der Waals surface area contributed by atoms with Crippen molar-refractivity contribution in [3.63, 3.8) is 0 Å². The fourth-order valence-corrected chi connectivity index (χ4v) is 2.73. The van der Waals surface area contributed by atoms with Crippen LogP contribution in [0, 0.1) is 5.92 Å². The Morgan fingerprint density at radius 3 is 2.61 bits per heavy atom. The maximum absolute atomic E-state index is 12.2. The van der Waals surface area contributed by atoms with Gasteiger partial charge < -0.3 is 10.1 Å². The first kappa shape index (κ1) is 15.5. The second-order valence-corrected chi connectivity index (χ2v) is 5.89. The van der Waals surface area contributed by atoms with Crippen LogP contribution < -0.4 is 10.1 Å². The molecule has 0 saturated carbocycles. The molecule has 1 N–H and O–H groups in total. The summed E-state index contributed by atoms with van der Waals surface area (Å²) in [4.78, 5) is 12.2. The topological polar surface area (TPSA) is 38.3 Å². The summed E-state index contributed by atoms with van der Waals surface area (Å²) in [6.45, 7) is 4.15. The molecule has 1 atom stereocenters. The minimum Gasteiger partial charge on any atom is -0.496 e. The van der Waals surface area contributed by atoms with Gasteiger partial charge in [-0.1, -0.05) is 45.7 Å². The third kappa shape index (κ3) is 3.99. The normalized spacial score (nSPS) is 12.3. The molecule has 100 valence electrons. The molecule has 0 bridgehead atoms. The van der Waals surface area contributed by atoms with Crippen LogP contribution >= 0.6 is 31.9 Å². The number of nitrogens with one attached hydrogen (secondary N) is 1. The average Bonchev–Trinajstić information content (AvgIpc) is 2.34. The second kappa shape index (κ2) is 7.14. The summed E-state index contributed by atoms with van der Waals surface area (Å²) in [6.07, 6.45) is 0. The molecule has 1 unspecified atom stereocenters. The van der Waals surface area contributed by atoms with Crippen LogP contribution in [-0.2, 0) is 0 Å². The Hall–Kier alpha value is -0.550. The van der Waals surface area contributed by atoms with Crippen LogP contribution in [0.4, 0.5) is 0 Å². The van der Waals surface area contributed by atoms with E-state index in [1.807, 2.05) is 6.07 Å². The van der Waals surface area contributed by atoms with E-state index in [1.54, 1.807) is 19.2 Å². The van der Waals surface area contributed by atoms with Crippen molar-refractivity contribution in [3.8, 4) is 5.75 Å². The molecule has 18 heavy (non-hydrogen) atoms. The number of amides is 1. The summed E-state index contributed by atoms with van der Waals surface area (Å²) in [5, 5.41) is 3.73. The molecule has 0 aliphatic heterocycles. The zero-order valence-corrected chi connectivity index (χ0v) is 13.8. The minimum atomic E-state index is -0.113. The average molecular weight is 379 g/mol. The van der Waals surface area contributed by atoms with Gasteiger partial charge in [-0.15, -0.1) is 0 Å². The van der Waals surface area contributed by atoms with Gasteiger partial charge in [0.2, 0.25) is 0 Å². The lowest BCUT2D eigenvalue weighted by Gasteiger charge is -2.20. The van der Waals surface area contributed by atoms with Crippen molar-refractivity contribution in [1.82, 2.24) is 5.32 Å². The highest BCUT2D eigenvalue weighted by molar-refractivity contribution is 9.10. The number of rotatable bonds is 5. The van der Waals surface area contributed by atoms with Crippen molar-refractivity contribution in [2.24, 2.45) is 5.92 Å². The van der Waals surface area contributed by atoms with E-state index in [2.05, 4.69) is 51.0 Å². The molecule has 3 nitrogen and oxygen atoms in total.